The zero-order valence-corrected chi connectivity index (χ0v) is 17.6. The summed E-state index contributed by atoms with van der Waals surface area (Å²) in [6, 6.07) is 12.2. The molecule has 1 heterocycles. The number of ether oxygens (including phenoxy) is 1. The van der Waals surface area contributed by atoms with Gasteiger partial charge < -0.3 is 20.5 Å². The molecule has 8 heteroatoms. The second-order valence-corrected chi connectivity index (χ2v) is 7.83. The van der Waals surface area contributed by atoms with E-state index in [-0.39, 0.29) is 0 Å². The van der Waals surface area contributed by atoms with E-state index in [0.29, 0.717) is 23.1 Å². The third-order valence-corrected chi connectivity index (χ3v) is 5.83. The summed E-state index contributed by atoms with van der Waals surface area (Å²) in [4.78, 5) is 15.4. The normalized spacial score (nSPS) is 15.9. The van der Waals surface area contributed by atoms with E-state index in [2.05, 4.69) is 9.80 Å². The fourth-order valence-electron chi connectivity index (χ4n) is 3.30. The maximum absolute atomic E-state index is 10.8. The Morgan fingerprint density at radius 3 is 2.45 bits per heavy atom. The fourth-order valence-corrected chi connectivity index (χ4v) is 3.72. The number of aliphatic carboxylic acids is 1. The molecule has 0 aromatic heterocycles. The third kappa shape index (κ3) is 6.00. The van der Waals surface area contributed by atoms with Crippen LogP contribution in [0.25, 0.3) is 0 Å². The standard InChI is InChI=1S/C21H25Cl2N3O3/c22-17-2-1-3-19(20(17)23)26-10-8-25(9-11-26)12-13-29-16-6-4-15(5-7-16)14-18(24)21(27)28/h1-7,18H,8-14,24H2,(H,27,28)/t18-/m0/s1. The maximum Gasteiger partial charge on any atom is 0.320 e. The van der Waals surface area contributed by atoms with Crippen LogP contribution in [0.2, 0.25) is 10.0 Å². The lowest BCUT2D eigenvalue weighted by Crippen LogP contribution is -2.47. The lowest BCUT2D eigenvalue weighted by molar-refractivity contribution is -0.138. The molecule has 0 unspecified atom stereocenters. The zero-order valence-electron chi connectivity index (χ0n) is 16.1. The Hall–Kier alpha value is -1.99. The number of nitrogens with zero attached hydrogens (tertiary/aromatic N) is 2. The molecular weight excluding hydrogens is 413 g/mol. The lowest BCUT2D eigenvalue weighted by Gasteiger charge is -2.36. The van der Waals surface area contributed by atoms with Crippen molar-refractivity contribution in [2.75, 3.05) is 44.2 Å². The summed E-state index contributed by atoms with van der Waals surface area (Å²) < 4.78 is 5.82. The number of carboxylic acid groups (broad SMARTS) is 1. The predicted octanol–water partition coefficient (Wildman–Crippen LogP) is 3.15. The average Bonchev–Trinajstić information content (AvgIpc) is 2.72. The molecule has 0 amide bonds. The molecule has 1 aliphatic rings. The highest BCUT2D eigenvalue weighted by Gasteiger charge is 2.19. The van der Waals surface area contributed by atoms with E-state index in [1.807, 2.05) is 36.4 Å². The Balaban J connectivity index is 1.41. The van der Waals surface area contributed by atoms with E-state index in [4.69, 9.17) is 38.8 Å². The van der Waals surface area contributed by atoms with Gasteiger partial charge in [0.1, 0.15) is 18.4 Å². The van der Waals surface area contributed by atoms with Crippen molar-refractivity contribution in [3.05, 3.63) is 58.1 Å². The van der Waals surface area contributed by atoms with Crippen LogP contribution in [0.1, 0.15) is 5.56 Å². The molecule has 0 aliphatic carbocycles. The van der Waals surface area contributed by atoms with Crippen LogP contribution >= 0.6 is 23.2 Å². The van der Waals surface area contributed by atoms with Gasteiger partial charge in [-0.2, -0.15) is 0 Å². The van der Waals surface area contributed by atoms with Gasteiger partial charge in [0, 0.05) is 32.7 Å². The second-order valence-electron chi connectivity index (χ2n) is 7.04. The van der Waals surface area contributed by atoms with Gasteiger partial charge in [-0.15, -0.1) is 0 Å². The summed E-state index contributed by atoms with van der Waals surface area (Å²) in [7, 11) is 0. The molecule has 29 heavy (non-hydrogen) atoms. The maximum atomic E-state index is 10.8. The van der Waals surface area contributed by atoms with E-state index in [1.165, 1.54) is 0 Å². The molecular formula is C21H25Cl2N3O3. The minimum absolute atomic E-state index is 0.302. The first-order chi connectivity index (χ1) is 13.9. The highest BCUT2D eigenvalue weighted by Crippen LogP contribution is 2.32. The molecule has 156 valence electrons. The number of hydrogen-bond donors (Lipinski definition) is 2. The number of anilines is 1. The van der Waals surface area contributed by atoms with Gasteiger partial charge in [0.05, 0.1) is 15.7 Å². The van der Waals surface area contributed by atoms with Gasteiger partial charge in [-0.05, 0) is 36.2 Å². The number of halogens is 2. The molecule has 6 nitrogen and oxygen atoms in total. The first kappa shape index (κ1) is 21.7. The van der Waals surface area contributed by atoms with Crippen LogP contribution < -0.4 is 15.4 Å². The van der Waals surface area contributed by atoms with Gasteiger partial charge in [0.2, 0.25) is 0 Å². The average molecular weight is 438 g/mol. The van der Waals surface area contributed by atoms with Crippen molar-refractivity contribution in [2.45, 2.75) is 12.5 Å². The quantitative estimate of drug-likeness (QED) is 0.660. The Bertz CT molecular complexity index is 824. The minimum atomic E-state index is -0.997. The predicted molar refractivity (Wildman–Crippen MR) is 116 cm³/mol. The molecule has 1 aliphatic heterocycles. The van der Waals surface area contributed by atoms with Crippen molar-refractivity contribution in [3.8, 4) is 5.75 Å². The van der Waals surface area contributed by atoms with Gasteiger partial charge in [-0.1, -0.05) is 41.4 Å². The number of carboxylic acids is 1. The molecule has 3 N–H and O–H groups in total. The van der Waals surface area contributed by atoms with Gasteiger partial charge >= 0.3 is 5.97 Å². The molecule has 0 spiro atoms. The van der Waals surface area contributed by atoms with Gasteiger partial charge in [-0.3, -0.25) is 9.69 Å². The van der Waals surface area contributed by atoms with Crippen LogP contribution in [-0.2, 0) is 11.2 Å². The topological polar surface area (TPSA) is 79.0 Å². The van der Waals surface area contributed by atoms with Gasteiger partial charge in [0.15, 0.2) is 0 Å². The number of rotatable bonds is 8. The minimum Gasteiger partial charge on any atom is -0.492 e. The summed E-state index contributed by atoms with van der Waals surface area (Å²) >= 11 is 12.4. The monoisotopic (exact) mass is 437 g/mol. The van der Waals surface area contributed by atoms with E-state index in [1.54, 1.807) is 6.07 Å². The van der Waals surface area contributed by atoms with Crippen LogP contribution in [0.4, 0.5) is 5.69 Å². The van der Waals surface area contributed by atoms with Crippen LogP contribution in [0.5, 0.6) is 5.75 Å². The summed E-state index contributed by atoms with van der Waals surface area (Å²) in [6.45, 7) is 5.06. The Morgan fingerprint density at radius 2 is 1.79 bits per heavy atom. The molecule has 0 bridgehead atoms. The van der Waals surface area contributed by atoms with Crippen molar-refractivity contribution < 1.29 is 14.6 Å². The Kier molecular flexibility index (Phi) is 7.61. The second kappa shape index (κ2) is 10.2. The number of piperazine rings is 1. The van der Waals surface area contributed by atoms with Crippen LogP contribution in [-0.4, -0.2) is 61.3 Å². The van der Waals surface area contributed by atoms with Crippen molar-refractivity contribution in [3.63, 3.8) is 0 Å². The first-order valence-electron chi connectivity index (χ1n) is 9.55. The van der Waals surface area contributed by atoms with Crippen molar-refractivity contribution in [2.24, 2.45) is 5.73 Å². The number of benzene rings is 2. The Morgan fingerprint density at radius 1 is 1.10 bits per heavy atom. The van der Waals surface area contributed by atoms with Crippen LogP contribution in [0.3, 0.4) is 0 Å². The van der Waals surface area contributed by atoms with E-state index < -0.39 is 12.0 Å². The van der Waals surface area contributed by atoms with Crippen molar-refractivity contribution in [1.29, 1.82) is 0 Å². The molecule has 1 atom stereocenters. The number of carbonyl (C=O) groups is 1. The molecule has 0 radical (unpaired) electrons. The largest absolute Gasteiger partial charge is 0.492 e. The molecule has 0 saturated carbocycles. The van der Waals surface area contributed by atoms with Gasteiger partial charge in [-0.25, -0.2) is 0 Å². The summed E-state index contributed by atoms with van der Waals surface area (Å²) in [6.07, 6.45) is 0.302. The highest BCUT2D eigenvalue weighted by atomic mass is 35.5. The van der Waals surface area contributed by atoms with Crippen molar-refractivity contribution in [1.82, 2.24) is 4.90 Å². The van der Waals surface area contributed by atoms with Crippen LogP contribution in [0.15, 0.2) is 42.5 Å². The smallest absolute Gasteiger partial charge is 0.320 e. The Labute approximate surface area is 180 Å². The lowest BCUT2D eigenvalue weighted by atomic mass is 10.1. The third-order valence-electron chi connectivity index (χ3n) is 5.02. The number of hydrogen-bond acceptors (Lipinski definition) is 5. The molecule has 1 saturated heterocycles. The van der Waals surface area contributed by atoms with Crippen molar-refractivity contribution >= 4 is 34.9 Å². The molecule has 3 rings (SSSR count). The SMILES string of the molecule is N[C@@H](Cc1ccc(OCCN2CCN(c3cccc(Cl)c3Cl)CC2)cc1)C(=O)O. The van der Waals surface area contributed by atoms with E-state index >= 15 is 0 Å². The summed E-state index contributed by atoms with van der Waals surface area (Å²) in [5.41, 5.74) is 7.42. The molecule has 2 aromatic carbocycles. The molecule has 1 fully saturated rings. The van der Waals surface area contributed by atoms with Gasteiger partial charge in [0.25, 0.3) is 0 Å². The fraction of sp³-hybridized carbons (Fsp3) is 0.381. The van der Waals surface area contributed by atoms with E-state index in [0.717, 1.165) is 49.7 Å². The summed E-state index contributed by atoms with van der Waals surface area (Å²) in [5, 5.41) is 10.1. The van der Waals surface area contributed by atoms with E-state index in [9.17, 15) is 4.79 Å². The highest BCUT2D eigenvalue weighted by molar-refractivity contribution is 6.43. The summed E-state index contributed by atoms with van der Waals surface area (Å²) in [5.74, 6) is -0.231. The van der Waals surface area contributed by atoms with Crippen LogP contribution in [0, 0.1) is 0 Å². The number of nitrogens with two attached hydrogens (primary N) is 1. The first-order valence-corrected chi connectivity index (χ1v) is 10.3. The molecule has 2 aromatic rings. The zero-order chi connectivity index (χ0) is 20.8.